The minimum Gasteiger partial charge on any atom is -0.393 e. The van der Waals surface area contributed by atoms with E-state index in [0.29, 0.717) is 5.92 Å². The summed E-state index contributed by atoms with van der Waals surface area (Å²) in [5.41, 5.74) is 1.90. The maximum absolute atomic E-state index is 9.81. The first-order valence-corrected chi connectivity index (χ1v) is 6.47. The van der Waals surface area contributed by atoms with Gasteiger partial charge in [0.2, 0.25) is 0 Å². The number of aliphatic hydroxyl groups is 1. The summed E-state index contributed by atoms with van der Waals surface area (Å²) < 4.78 is 0. The first kappa shape index (κ1) is 11.4. The van der Waals surface area contributed by atoms with Crippen LogP contribution in [0.4, 0.5) is 5.69 Å². The third kappa shape index (κ3) is 2.16. The normalized spacial score (nSPS) is 23.4. The zero-order valence-electron chi connectivity index (χ0n) is 10.2. The van der Waals surface area contributed by atoms with Crippen molar-refractivity contribution < 1.29 is 5.11 Å². The van der Waals surface area contributed by atoms with E-state index in [1.54, 1.807) is 6.20 Å². The molecule has 2 N–H and O–H groups in total. The highest BCUT2D eigenvalue weighted by Crippen LogP contribution is 2.27. The Morgan fingerprint density at radius 3 is 3.00 bits per heavy atom. The monoisotopic (exact) mass is 243 g/mol. The van der Waals surface area contributed by atoms with Crippen molar-refractivity contribution in [2.45, 2.75) is 25.4 Å². The Hall–Kier alpha value is -1.68. The van der Waals surface area contributed by atoms with Gasteiger partial charge in [-0.15, -0.1) is 0 Å². The van der Waals surface area contributed by atoms with E-state index in [4.69, 9.17) is 0 Å². The highest BCUT2D eigenvalue weighted by molar-refractivity contribution is 5.90. The average Bonchev–Trinajstić information content (AvgIpc) is 2.82. The predicted octanol–water partition coefficient (Wildman–Crippen LogP) is 2.20. The number of hydrogen-bond acceptors (Lipinski definition) is 4. The van der Waals surface area contributed by atoms with Crippen molar-refractivity contribution in [2.24, 2.45) is 5.92 Å². The average molecular weight is 243 g/mol. The van der Waals surface area contributed by atoms with E-state index in [2.05, 4.69) is 15.5 Å². The van der Waals surface area contributed by atoms with Crippen LogP contribution in [0.25, 0.3) is 10.9 Å². The first-order chi connectivity index (χ1) is 8.84. The largest absolute Gasteiger partial charge is 0.393 e. The van der Waals surface area contributed by atoms with Gasteiger partial charge in [-0.1, -0.05) is 24.6 Å². The van der Waals surface area contributed by atoms with E-state index in [1.807, 2.05) is 24.3 Å². The third-order valence-electron chi connectivity index (χ3n) is 3.72. The van der Waals surface area contributed by atoms with Gasteiger partial charge in [0.05, 0.1) is 23.5 Å². The molecule has 1 aliphatic rings. The minimum absolute atomic E-state index is 0.154. The number of rotatable bonds is 3. The van der Waals surface area contributed by atoms with E-state index in [1.165, 1.54) is 0 Å². The number of fused-ring (bicyclic) bond motifs is 1. The van der Waals surface area contributed by atoms with E-state index >= 15 is 0 Å². The molecule has 0 aliphatic heterocycles. The maximum atomic E-state index is 9.81. The Kier molecular flexibility index (Phi) is 3.11. The molecule has 1 saturated carbocycles. The second-order valence-electron chi connectivity index (χ2n) is 4.91. The zero-order valence-corrected chi connectivity index (χ0v) is 10.2. The molecule has 4 heteroatoms. The molecule has 4 nitrogen and oxygen atoms in total. The lowest BCUT2D eigenvalue weighted by molar-refractivity contribution is 0.138. The van der Waals surface area contributed by atoms with E-state index < -0.39 is 0 Å². The smallest absolute Gasteiger partial charge is 0.0950 e. The van der Waals surface area contributed by atoms with Crippen LogP contribution in [0.5, 0.6) is 0 Å². The fourth-order valence-corrected chi connectivity index (χ4v) is 2.64. The van der Waals surface area contributed by atoms with Crippen LogP contribution in [0.2, 0.25) is 0 Å². The second-order valence-corrected chi connectivity index (χ2v) is 4.91. The van der Waals surface area contributed by atoms with Gasteiger partial charge < -0.3 is 10.4 Å². The van der Waals surface area contributed by atoms with E-state index in [9.17, 15) is 5.11 Å². The molecule has 0 bridgehead atoms. The lowest BCUT2D eigenvalue weighted by Gasteiger charge is -2.16. The summed E-state index contributed by atoms with van der Waals surface area (Å²) >= 11 is 0. The second kappa shape index (κ2) is 4.90. The van der Waals surface area contributed by atoms with Gasteiger partial charge in [-0.25, -0.2) is 0 Å². The molecule has 0 saturated heterocycles. The number of aliphatic hydroxyl groups excluding tert-OH is 1. The first-order valence-electron chi connectivity index (χ1n) is 6.47. The van der Waals surface area contributed by atoms with Gasteiger partial charge in [-0.05, 0) is 18.9 Å². The van der Waals surface area contributed by atoms with Crippen LogP contribution >= 0.6 is 0 Å². The van der Waals surface area contributed by atoms with Crippen LogP contribution in [0.3, 0.4) is 0 Å². The van der Waals surface area contributed by atoms with Crippen molar-refractivity contribution in [2.75, 3.05) is 11.9 Å². The molecule has 18 heavy (non-hydrogen) atoms. The fourth-order valence-electron chi connectivity index (χ4n) is 2.64. The van der Waals surface area contributed by atoms with Crippen LogP contribution in [0.15, 0.2) is 30.5 Å². The molecule has 0 spiro atoms. The summed E-state index contributed by atoms with van der Waals surface area (Å²) in [6.45, 7) is 0.802. The van der Waals surface area contributed by atoms with Crippen molar-refractivity contribution >= 4 is 16.6 Å². The summed E-state index contributed by atoms with van der Waals surface area (Å²) in [7, 11) is 0. The molecule has 2 unspecified atom stereocenters. The lowest BCUT2D eigenvalue weighted by atomic mass is 10.1. The minimum atomic E-state index is -0.154. The Bertz CT molecular complexity index is 538. The standard InChI is InChI=1S/C14H17N3O/c18-14-7-3-4-10(14)8-15-13-9-16-17-12-6-2-1-5-11(12)13/h1-2,5-6,9-10,14,18H,3-4,7-8H2,(H,15,17). The Labute approximate surface area is 106 Å². The maximum Gasteiger partial charge on any atom is 0.0950 e. The van der Waals surface area contributed by atoms with Crippen LogP contribution in [0.1, 0.15) is 19.3 Å². The SMILES string of the molecule is OC1CCCC1CNc1cnnc2ccccc12. The van der Waals surface area contributed by atoms with Crippen molar-refractivity contribution in [1.82, 2.24) is 10.2 Å². The van der Waals surface area contributed by atoms with Gasteiger partial charge in [0, 0.05) is 17.8 Å². The van der Waals surface area contributed by atoms with Gasteiger partial charge in [-0.3, -0.25) is 0 Å². The van der Waals surface area contributed by atoms with E-state index in [-0.39, 0.29) is 6.10 Å². The molecule has 1 aromatic heterocycles. The number of hydrogen-bond donors (Lipinski definition) is 2. The number of aromatic nitrogens is 2. The fraction of sp³-hybridized carbons (Fsp3) is 0.429. The molecule has 1 aliphatic carbocycles. The van der Waals surface area contributed by atoms with Crippen molar-refractivity contribution in [3.05, 3.63) is 30.5 Å². The van der Waals surface area contributed by atoms with Crippen LogP contribution in [0, 0.1) is 5.92 Å². The highest BCUT2D eigenvalue weighted by Gasteiger charge is 2.24. The summed E-state index contributed by atoms with van der Waals surface area (Å²) in [6, 6.07) is 7.95. The summed E-state index contributed by atoms with van der Waals surface area (Å²) in [5, 5.41) is 22.4. The molecule has 2 atom stereocenters. The molecule has 94 valence electrons. The molecular weight excluding hydrogens is 226 g/mol. The quantitative estimate of drug-likeness (QED) is 0.867. The summed E-state index contributed by atoms with van der Waals surface area (Å²) in [4.78, 5) is 0. The highest BCUT2D eigenvalue weighted by atomic mass is 16.3. The van der Waals surface area contributed by atoms with Crippen molar-refractivity contribution in [1.29, 1.82) is 0 Å². The van der Waals surface area contributed by atoms with Gasteiger partial charge >= 0.3 is 0 Å². The Morgan fingerprint density at radius 1 is 1.28 bits per heavy atom. The number of anilines is 1. The lowest BCUT2D eigenvalue weighted by Crippen LogP contribution is -2.22. The molecule has 1 heterocycles. The topological polar surface area (TPSA) is 58.0 Å². The van der Waals surface area contributed by atoms with Crippen LogP contribution in [-0.4, -0.2) is 28.0 Å². The molecule has 3 rings (SSSR count). The van der Waals surface area contributed by atoms with Crippen molar-refractivity contribution in [3.8, 4) is 0 Å². The molecule has 2 aromatic rings. The van der Waals surface area contributed by atoms with Gasteiger partial charge in [0.1, 0.15) is 0 Å². The number of nitrogens with zero attached hydrogens (tertiary/aromatic N) is 2. The van der Waals surface area contributed by atoms with E-state index in [0.717, 1.165) is 42.4 Å². The molecular formula is C14H17N3O. The Morgan fingerprint density at radius 2 is 2.17 bits per heavy atom. The number of nitrogens with one attached hydrogen (secondary N) is 1. The summed E-state index contributed by atoms with van der Waals surface area (Å²) in [5.74, 6) is 0.358. The van der Waals surface area contributed by atoms with Gasteiger partial charge in [-0.2, -0.15) is 10.2 Å². The van der Waals surface area contributed by atoms with Crippen LogP contribution < -0.4 is 5.32 Å². The van der Waals surface area contributed by atoms with Gasteiger partial charge in [0.25, 0.3) is 0 Å². The molecule has 0 amide bonds. The predicted molar refractivity (Wildman–Crippen MR) is 71.4 cm³/mol. The molecule has 0 radical (unpaired) electrons. The van der Waals surface area contributed by atoms with Crippen LogP contribution in [-0.2, 0) is 0 Å². The Balaban J connectivity index is 1.78. The van der Waals surface area contributed by atoms with Gasteiger partial charge in [0.15, 0.2) is 0 Å². The number of benzene rings is 1. The zero-order chi connectivity index (χ0) is 12.4. The molecule has 1 fully saturated rings. The third-order valence-corrected chi connectivity index (χ3v) is 3.72. The summed E-state index contributed by atoms with van der Waals surface area (Å²) in [6.07, 6.45) is 4.76. The molecule has 1 aromatic carbocycles. The van der Waals surface area contributed by atoms with Crippen molar-refractivity contribution in [3.63, 3.8) is 0 Å².